The number of aromatic carboxylic acids is 1. The lowest BCUT2D eigenvalue weighted by atomic mass is 10.2. The van der Waals surface area contributed by atoms with Crippen LogP contribution in [0.2, 0.25) is 0 Å². The van der Waals surface area contributed by atoms with Crippen molar-refractivity contribution in [1.29, 1.82) is 0 Å². The molecule has 1 amide bonds. The minimum Gasteiger partial charge on any atom is -0.477 e. The van der Waals surface area contributed by atoms with Gasteiger partial charge in [0, 0.05) is 20.2 Å². The molecule has 0 aliphatic carbocycles. The summed E-state index contributed by atoms with van der Waals surface area (Å²) in [5.41, 5.74) is -0.0456. The maximum atomic E-state index is 11.8. The van der Waals surface area contributed by atoms with Gasteiger partial charge in [-0.2, -0.15) is 5.10 Å². The summed E-state index contributed by atoms with van der Waals surface area (Å²) >= 11 is 0. The van der Waals surface area contributed by atoms with Gasteiger partial charge in [0.2, 0.25) is 0 Å². The van der Waals surface area contributed by atoms with Crippen molar-refractivity contribution in [2.45, 2.75) is 26.4 Å². The van der Waals surface area contributed by atoms with Crippen LogP contribution in [0.25, 0.3) is 0 Å². The van der Waals surface area contributed by atoms with Crippen LogP contribution in [0.4, 0.5) is 0 Å². The summed E-state index contributed by atoms with van der Waals surface area (Å²) in [4.78, 5) is 22.8. The smallest absolute Gasteiger partial charge is 0.354 e. The minimum absolute atomic E-state index is 0.0692. The molecule has 7 nitrogen and oxygen atoms in total. The molecular formula is C12H19N3O4. The summed E-state index contributed by atoms with van der Waals surface area (Å²) in [7, 11) is 1.48. The van der Waals surface area contributed by atoms with Crippen LogP contribution in [0, 0.1) is 0 Å². The predicted molar refractivity (Wildman–Crippen MR) is 68.2 cm³/mol. The third kappa shape index (κ3) is 4.36. The first-order valence-corrected chi connectivity index (χ1v) is 6.08. The minimum atomic E-state index is -1.17. The van der Waals surface area contributed by atoms with E-state index >= 15 is 0 Å². The predicted octanol–water partition coefficient (Wildman–Crippen LogP) is 0.663. The van der Waals surface area contributed by atoms with Crippen LogP contribution in [0.1, 0.15) is 41.1 Å². The lowest BCUT2D eigenvalue weighted by Gasteiger charge is -2.08. The Bertz CT molecular complexity index is 454. The van der Waals surface area contributed by atoms with E-state index in [-0.39, 0.29) is 17.4 Å². The number of carboxylic acid groups (broad SMARTS) is 1. The molecule has 2 N–H and O–H groups in total. The van der Waals surface area contributed by atoms with E-state index in [0.29, 0.717) is 19.6 Å². The number of nitrogens with one attached hydrogen (secondary N) is 1. The first-order valence-electron chi connectivity index (χ1n) is 6.08. The molecule has 1 aromatic heterocycles. The van der Waals surface area contributed by atoms with E-state index < -0.39 is 11.9 Å². The average Bonchev–Trinajstić information content (AvgIpc) is 2.70. The molecule has 0 spiro atoms. The van der Waals surface area contributed by atoms with E-state index in [0.717, 1.165) is 0 Å². The molecule has 0 aromatic carbocycles. The van der Waals surface area contributed by atoms with Gasteiger partial charge in [0.05, 0.1) is 17.9 Å². The van der Waals surface area contributed by atoms with Crippen molar-refractivity contribution < 1.29 is 19.4 Å². The molecule has 0 radical (unpaired) electrons. The number of carboxylic acids is 1. The number of carbonyl (C=O) groups is 2. The van der Waals surface area contributed by atoms with Crippen LogP contribution >= 0.6 is 0 Å². The Kier molecular flexibility index (Phi) is 5.50. The van der Waals surface area contributed by atoms with E-state index in [9.17, 15) is 9.59 Å². The fourth-order valence-corrected chi connectivity index (χ4v) is 1.55. The average molecular weight is 269 g/mol. The lowest BCUT2D eigenvalue weighted by Crippen LogP contribution is -2.27. The second-order valence-corrected chi connectivity index (χ2v) is 4.36. The SMILES string of the molecule is CC(C)OCCCNC(=O)c1cnn(C)c1C(=O)O. The lowest BCUT2D eigenvalue weighted by molar-refractivity contribution is 0.0676. The van der Waals surface area contributed by atoms with Gasteiger partial charge in [-0.15, -0.1) is 0 Å². The number of aromatic nitrogens is 2. The van der Waals surface area contributed by atoms with Gasteiger partial charge in [0.25, 0.3) is 5.91 Å². The standard InChI is InChI=1S/C12H19N3O4/c1-8(2)19-6-4-5-13-11(16)9-7-14-15(3)10(9)12(17)18/h7-8H,4-6H2,1-3H3,(H,13,16)(H,17,18). The monoisotopic (exact) mass is 269 g/mol. The number of aryl methyl sites for hydroxylation is 1. The van der Waals surface area contributed by atoms with Gasteiger partial charge in [0.15, 0.2) is 5.69 Å². The van der Waals surface area contributed by atoms with Crippen LogP contribution in [0.15, 0.2) is 6.20 Å². The highest BCUT2D eigenvalue weighted by atomic mass is 16.5. The van der Waals surface area contributed by atoms with Crippen LogP contribution < -0.4 is 5.32 Å². The Hall–Kier alpha value is -1.89. The Morgan fingerprint density at radius 3 is 2.79 bits per heavy atom. The largest absolute Gasteiger partial charge is 0.477 e. The number of amides is 1. The third-order valence-corrected chi connectivity index (χ3v) is 2.44. The zero-order valence-corrected chi connectivity index (χ0v) is 11.3. The Morgan fingerprint density at radius 2 is 2.21 bits per heavy atom. The van der Waals surface area contributed by atoms with Crippen LogP contribution in [0.5, 0.6) is 0 Å². The molecule has 0 fully saturated rings. The first kappa shape index (κ1) is 15.2. The van der Waals surface area contributed by atoms with Gasteiger partial charge >= 0.3 is 5.97 Å². The summed E-state index contributed by atoms with van der Waals surface area (Å²) in [6, 6.07) is 0. The fourth-order valence-electron chi connectivity index (χ4n) is 1.55. The first-order chi connectivity index (χ1) is 8.93. The molecule has 0 saturated heterocycles. The number of nitrogens with zero attached hydrogens (tertiary/aromatic N) is 2. The van der Waals surface area contributed by atoms with Gasteiger partial charge < -0.3 is 15.2 Å². The van der Waals surface area contributed by atoms with Crippen molar-refractivity contribution in [2.75, 3.05) is 13.2 Å². The second kappa shape index (κ2) is 6.89. The summed E-state index contributed by atoms with van der Waals surface area (Å²) in [6.07, 6.45) is 2.09. The second-order valence-electron chi connectivity index (χ2n) is 4.36. The van der Waals surface area contributed by atoms with Crippen molar-refractivity contribution in [1.82, 2.24) is 15.1 Å². The number of hydrogen-bond donors (Lipinski definition) is 2. The molecule has 7 heteroatoms. The zero-order chi connectivity index (χ0) is 14.4. The molecule has 1 aromatic rings. The molecule has 0 aliphatic heterocycles. The van der Waals surface area contributed by atoms with E-state index in [2.05, 4.69) is 10.4 Å². The maximum absolute atomic E-state index is 11.8. The summed E-state index contributed by atoms with van der Waals surface area (Å²) in [6.45, 7) is 4.86. The summed E-state index contributed by atoms with van der Waals surface area (Å²) < 4.78 is 6.50. The number of carbonyl (C=O) groups excluding carboxylic acids is 1. The van der Waals surface area contributed by atoms with Gasteiger partial charge in [-0.3, -0.25) is 9.48 Å². The maximum Gasteiger partial charge on any atom is 0.354 e. The molecular weight excluding hydrogens is 250 g/mol. The Labute approximate surface area is 111 Å². The van der Waals surface area contributed by atoms with Crippen molar-refractivity contribution in [3.05, 3.63) is 17.5 Å². The Balaban J connectivity index is 2.48. The van der Waals surface area contributed by atoms with Crippen molar-refractivity contribution in [2.24, 2.45) is 7.05 Å². The van der Waals surface area contributed by atoms with Crippen LogP contribution in [-0.4, -0.2) is 46.0 Å². The number of ether oxygens (including phenoxy) is 1. The van der Waals surface area contributed by atoms with E-state index in [4.69, 9.17) is 9.84 Å². The molecule has 0 bridgehead atoms. The zero-order valence-electron chi connectivity index (χ0n) is 11.3. The molecule has 0 atom stereocenters. The van der Waals surface area contributed by atoms with E-state index in [1.165, 1.54) is 17.9 Å². The van der Waals surface area contributed by atoms with Crippen LogP contribution in [-0.2, 0) is 11.8 Å². The normalized spacial score (nSPS) is 10.7. The van der Waals surface area contributed by atoms with Crippen molar-refractivity contribution in [3.63, 3.8) is 0 Å². The molecule has 1 rings (SSSR count). The molecule has 106 valence electrons. The highest BCUT2D eigenvalue weighted by molar-refractivity contribution is 6.03. The van der Waals surface area contributed by atoms with Crippen molar-refractivity contribution in [3.8, 4) is 0 Å². The molecule has 0 saturated carbocycles. The topological polar surface area (TPSA) is 93.5 Å². The molecule has 0 unspecified atom stereocenters. The highest BCUT2D eigenvalue weighted by Crippen LogP contribution is 2.07. The van der Waals surface area contributed by atoms with Crippen molar-refractivity contribution >= 4 is 11.9 Å². The highest BCUT2D eigenvalue weighted by Gasteiger charge is 2.20. The summed E-state index contributed by atoms with van der Waals surface area (Å²) in [5, 5.41) is 15.4. The van der Waals surface area contributed by atoms with Gasteiger partial charge in [-0.1, -0.05) is 0 Å². The van der Waals surface area contributed by atoms with Gasteiger partial charge in [0.1, 0.15) is 0 Å². The quantitative estimate of drug-likeness (QED) is 0.709. The molecule has 1 heterocycles. The molecule has 19 heavy (non-hydrogen) atoms. The molecule has 0 aliphatic rings. The number of hydrogen-bond acceptors (Lipinski definition) is 4. The number of rotatable bonds is 7. The van der Waals surface area contributed by atoms with E-state index in [1.807, 2.05) is 13.8 Å². The van der Waals surface area contributed by atoms with Gasteiger partial charge in [-0.25, -0.2) is 4.79 Å². The Morgan fingerprint density at radius 1 is 1.53 bits per heavy atom. The summed E-state index contributed by atoms with van der Waals surface area (Å²) in [5.74, 6) is -1.61. The van der Waals surface area contributed by atoms with E-state index in [1.54, 1.807) is 0 Å². The van der Waals surface area contributed by atoms with Gasteiger partial charge in [-0.05, 0) is 20.3 Å². The fraction of sp³-hybridized carbons (Fsp3) is 0.583. The third-order valence-electron chi connectivity index (χ3n) is 2.44. The van der Waals surface area contributed by atoms with Crippen LogP contribution in [0.3, 0.4) is 0 Å².